The lowest BCUT2D eigenvalue weighted by Gasteiger charge is -2.33. The van der Waals surface area contributed by atoms with Crippen molar-refractivity contribution in [3.8, 4) is 0 Å². The van der Waals surface area contributed by atoms with Gasteiger partial charge >= 0.3 is 0 Å². The average molecular weight is 247 g/mol. The van der Waals surface area contributed by atoms with Gasteiger partial charge in [0, 0.05) is 19.3 Å². The molecule has 1 saturated carbocycles. The second-order valence-corrected chi connectivity index (χ2v) is 5.36. The lowest BCUT2D eigenvalue weighted by molar-refractivity contribution is 0.318. The van der Waals surface area contributed by atoms with E-state index in [1.54, 1.807) is 0 Å². The van der Waals surface area contributed by atoms with Crippen LogP contribution in [0.4, 0.5) is 5.82 Å². The van der Waals surface area contributed by atoms with Crippen molar-refractivity contribution in [1.82, 2.24) is 4.98 Å². The van der Waals surface area contributed by atoms with Crippen LogP contribution in [0.15, 0.2) is 12.3 Å². The van der Waals surface area contributed by atoms with Gasteiger partial charge in [0.1, 0.15) is 5.82 Å². The minimum Gasteiger partial charge on any atom is -0.356 e. The third-order valence-electron chi connectivity index (χ3n) is 3.92. The Morgan fingerprint density at radius 3 is 2.72 bits per heavy atom. The molecule has 0 radical (unpaired) electrons. The van der Waals surface area contributed by atoms with Gasteiger partial charge < -0.3 is 10.6 Å². The first-order valence-electron chi connectivity index (χ1n) is 7.15. The highest BCUT2D eigenvalue weighted by atomic mass is 15.2. The second-order valence-electron chi connectivity index (χ2n) is 5.36. The zero-order chi connectivity index (χ0) is 13.0. The van der Waals surface area contributed by atoms with E-state index >= 15 is 0 Å². The van der Waals surface area contributed by atoms with Gasteiger partial charge in [-0.3, -0.25) is 0 Å². The van der Waals surface area contributed by atoms with Crippen molar-refractivity contribution in [2.45, 2.75) is 39.5 Å². The van der Waals surface area contributed by atoms with Crippen molar-refractivity contribution in [1.29, 1.82) is 0 Å². The van der Waals surface area contributed by atoms with Gasteiger partial charge in [-0.05, 0) is 56.7 Å². The quantitative estimate of drug-likeness (QED) is 0.840. The summed E-state index contributed by atoms with van der Waals surface area (Å²) in [5, 5.41) is 0. The van der Waals surface area contributed by atoms with Crippen LogP contribution in [-0.4, -0.2) is 24.6 Å². The Bertz CT molecular complexity index is 385. The van der Waals surface area contributed by atoms with Crippen LogP contribution < -0.4 is 10.6 Å². The fraction of sp³-hybridized carbons (Fsp3) is 0.667. The van der Waals surface area contributed by atoms with Gasteiger partial charge in [-0.25, -0.2) is 4.98 Å². The maximum Gasteiger partial charge on any atom is 0.131 e. The molecular weight excluding hydrogens is 222 g/mol. The molecule has 1 aromatic rings. The fourth-order valence-corrected chi connectivity index (χ4v) is 2.61. The molecule has 1 aromatic heterocycles. The average Bonchev–Trinajstić information content (AvgIpc) is 2.30. The lowest BCUT2D eigenvalue weighted by Crippen LogP contribution is -2.33. The van der Waals surface area contributed by atoms with Crippen molar-refractivity contribution in [3.63, 3.8) is 0 Å². The van der Waals surface area contributed by atoms with E-state index in [1.165, 1.54) is 36.9 Å². The van der Waals surface area contributed by atoms with Gasteiger partial charge in [0.15, 0.2) is 0 Å². The zero-order valence-electron chi connectivity index (χ0n) is 11.7. The maximum atomic E-state index is 5.59. The molecule has 0 spiro atoms. The molecule has 100 valence electrons. The van der Waals surface area contributed by atoms with E-state index in [0.717, 1.165) is 24.7 Å². The van der Waals surface area contributed by atoms with E-state index in [9.17, 15) is 0 Å². The molecule has 0 amide bonds. The number of hydrogen-bond acceptors (Lipinski definition) is 3. The summed E-state index contributed by atoms with van der Waals surface area (Å²) in [7, 11) is 0. The number of hydrogen-bond donors (Lipinski definition) is 1. The van der Waals surface area contributed by atoms with Crippen molar-refractivity contribution < 1.29 is 0 Å². The summed E-state index contributed by atoms with van der Waals surface area (Å²) in [6.45, 7) is 7.28. The summed E-state index contributed by atoms with van der Waals surface area (Å²) in [5.41, 5.74) is 8.12. The summed E-state index contributed by atoms with van der Waals surface area (Å²) < 4.78 is 0. The molecule has 3 heteroatoms. The molecule has 1 aliphatic carbocycles. The van der Waals surface area contributed by atoms with E-state index in [0.29, 0.717) is 6.54 Å². The Balaban J connectivity index is 2.09. The molecule has 3 nitrogen and oxygen atoms in total. The van der Waals surface area contributed by atoms with Gasteiger partial charge in [0.05, 0.1) is 0 Å². The predicted molar refractivity (Wildman–Crippen MR) is 77.0 cm³/mol. The zero-order valence-corrected chi connectivity index (χ0v) is 11.7. The number of aryl methyl sites for hydroxylation is 1. The molecule has 1 aliphatic rings. The van der Waals surface area contributed by atoms with Crippen LogP contribution in [0, 0.1) is 12.8 Å². The first-order chi connectivity index (χ1) is 8.74. The van der Waals surface area contributed by atoms with Crippen LogP contribution >= 0.6 is 0 Å². The molecule has 1 heterocycles. The highest BCUT2D eigenvalue weighted by Crippen LogP contribution is 2.29. The summed E-state index contributed by atoms with van der Waals surface area (Å²) >= 11 is 0. The first-order valence-corrected chi connectivity index (χ1v) is 7.15. The third-order valence-corrected chi connectivity index (χ3v) is 3.92. The lowest BCUT2D eigenvalue weighted by atomic mass is 9.85. The Morgan fingerprint density at radius 1 is 1.44 bits per heavy atom. The number of nitrogens with two attached hydrogens (primary N) is 1. The first kappa shape index (κ1) is 13.3. The molecule has 0 unspecified atom stereocenters. The number of anilines is 1. The number of aromatic nitrogens is 1. The van der Waals surface area contributed by atoms with Crippen LogP contribution in [0.1, 0.15) is 37.3 Å². The molecule has 2 N–H and O–H groups in total. The van der Waals surface area contributed by atoms with Gasteiger partial charge in [-0.2, -0.15) is 0 Å². The van der Waals surface area contributed by atoms with E-state index in [2.05, 4.69) is 29.8 Å². The molecule has 1 fully saturated rings. The van der Waals surface area contributed by atoms with E-state index < -0.39 is 0 Å². The SMILES string of the molecule is CCN(CC1CCC1)c1ncc(CCN)cc1C. The van der Waals surface area contributed by atoms with Crippen LogP contribution in [0.25, 0.3) is 0 Å². The van der Waals surface area contributed by atoms with E-state index in [-0.39, 0.29) is 0 Å². The van der Waals surface area contributed by atoms with Crippen LogP contribution in [0.2, 0.25) is 0 Å². The van der Waals surface area contributed by atoms with Gasteiger partial charge in [0.2, 0.25) is 0 Å². The molecule has 0 aliphatic heterocycles. The number of pyridine rings is 1. The van der Waals surface area contributed by atoms with Crippen molar-refractivity contribution in [3.05, 3.63) is 23.4 Å². The summed E-state index contributed by atoms with van der Waals surface area (Å²) in [6.07, 6.45) is 7.09. The van der Waals surface area contributed by atoms with E-state index in [1.807, 2.05) is 6.20 Å². The minimum atomic E-state index is 0.694. The molecule has 0 aromatic carbocycles. The van der Waals surface area contributed by atoms with Crippen molar-refractivity contribution in [2.24, 2.45) is 11.7 Å². The Kier molecular flexibility index (Phi) is 4.59. The van der Waals surface area contributed by atoms with Crippen LogP contribution in [0.3, 0.4) is 0 Å². The highest BCUT2D eigenvalue weighted by Gasteiger charge is 2.21. The molecule has 0 saturated heterocycles. The van der Waals surface area contributed by atoms with Crippen molar-refractivity contribution >= 4 is 5.82 Å². The van der Waals surface area contributed by atoms with Gasteiger partial charge in [0.25, 0.3) is 0 Å². The maximum absolute atomic E-state index is 5.59. The predicted octanol–water partition coefficient (Wildman–Crippen LogP) is 2.52. The van der Waals surface area contributed by atoms with Gasteiger partial charge in [-0.1, -0.05) is 12.5 Å². The summed E-state index contributed by atoms with van der Waals surface area (Å²) in [5.74, 6) is 2.04. The third kappa shape index (κ3) is 3.02. The standard InChI is InChI=1S/C15H25N3/c1-3-18(11-13-5-4-6-13)15-12(2)9-14(7-8-16)10-17-15/h9-10,13H,3-8,11,16H2,1-2H3. The molecule has 0 bridgehead atoms. The Labute approximate surface area is 110 Å². The number of rotatable bonds is 6. The topological polar surface area (TPSA) is 42.2 Å². The fourth-order valence-electron chi connectivity index (χ4n) is 2.61. The van der Waals surface area contributed by atoms with Crippen molar-refractivity contribution in [2.75, 3.05) is 24.5 Å². The summed E-state index contributed by atoms with van der Waals surface area (Å²) in [6, 6.07) is 2.23. The summed E-state index contributed by atoms with van der Waals surface area (Å²) in [4.78, 5) is 7.07. The smallest absolute Gasteiger partial charge is 0.131 e. The Morgan fingerprint density at radius 2 is 2.22 bits per heavy atom. The molecule has 2 rings (SSSR count). The Hall–Kier alpha value is -1.09. The second kappa shape index (κ2) is 6.19. The van der Waals surface area contributed by atoms with Gasteiger partial charge in [-0.15, -0.1) is 0 Å². The molecule has 0 atom stereocenters. The van der Waals surface area contributed by atoms with Crippen LogP contribution in [-0.2, 0) is 6.42 Å². The highest BCUT2D eigenvalue weighted by molar-refractivity contribution is 5.47. The van der Waals surface area contributed by atoms with Crippen LogP contribution in [0.5, 0.6) is 0 Å². The van der Waals surface area contributed by atoms with E-state index in [4.69, 9.17) is 5.73 Å². The number of nitrogens with zero attached hydrogens (tertiary/aromatic N) is 2. The minimum absolute atomic E-state index is 0.694. The molecule has 18 heavy (non-hydrogen) atoms. The largest absolute Gasteiger partial charge is 0.356 e. The monoisotopic (exact) mass is 247 g/mol. The normalized spacial score (nSPS) is 15.5. The molecular formula is C15H25N3.